The molecule has 1 aromatic rings. The van der Waals surface area contributed by atoms with Gasteiger partial charge in [-0.2, -0.15) is 5.26 Å². The molecule has 1 fully saturated rings. The number of hydrogen-bond donors (Lipinski definition) is 2. The largest absolute Gasteiger partial charge is 0.381 e. The lowest BCUT2D eigenvalue weighted by atomic mass is 9.79. The summed E-state index contributed by atoms with van der Waals surface area (Å²) in [5, 5.41) is 11.5. The number of nitrogens with two attached hydrogens (primary N) is 1. The summed E-state index contributed by atoms with van der Waals surface area (Å²) in [6, 6.07) is 5.65. The molecule has 1 saturated heterocycles. The Morgan fingerprint density at radius 3 is 2.80 bits per heavy atom. The van der Waals surface area contributed by atoms with Crippen molar-refractivity contribution in [1.29, 1.82) is 5.26 Å². The fourth-order valence-corrected chi connectivity index (χ4v) is 2.24. The van der Waals surface area contributed by atoms with Crippen LogP contribution in [0.15, 0.2) is 18.2 Å². The van der Waals surface area contributed by atoms with Gasteiger partial charge in [0.05, 0.1) is 11.0 Å². The zero-order chi connectivity index (χ0) is 14.6. The van der Waals surface area contributed by atoms with Crippen molar-refractivity contribution in [2.24, 2.45) is 11.1 Å². The summed E-state index contributed by atoms with van der Waals surface area (Å²) in [7, 11) is 0. The first kappa shape index (κ1) is 14.4. The number of carbonyl (C=O) groups is 1. The van der Waals surface area contributed by atoms with Crippen LogP contribution in [0.5, 0.6) is 0 Å². The first-order valence-corrected chi connectivity index (χ1v) is 6.40. The van der Waals surface area contributed by atoms with E-state index < -0.39 is 11.2 Å². The number of benzene rings is 1. The van der Waals surface area contributed by atoms with Gasteiger partial charge in [0.15, 0.2) is 0 Å². The Morgan fingerprint density at radius 1 is 1.50 bits per heavy atom. The number of anilines is 1. The van der Waals surface area contributed by atoms with Crippen molar-refractivity contribution in [3.05, 3.63) is 29.6 Å². The average Bonchev–Trinajstić information content (AvgIpc) is 2.49. The minimum Gasteiger partial charge on any atom is -0.381 e. The highest BCUT2D eigenvalue weighted by atomic mass is 19.1. The summed E-state index contributed by atoms with van der Waals surface area (Å²) < 4.78 is 18.5. The lowest BCUT2D eigenvalue weighted by Crippen LogP contribution is -2.46. The minimum atomic E-state index is -0.653. The molecule has 0 unspecified atom stereocenters. The molecule has 20 heavy (non-hydrogen) atoms. The first-order valence-electron chi connectivity index (χ1n) is 6.40. The van der Waals surface area contributed by atoms with Crippen LogP contribution in [0.1, 0.15) is 18.4 Å². The molecule has 0 aromatic heterocycles. The second kappa shape index (κ2) is 5.99. The highest BCUT2D eigenvalue weighted by Crippen LogP contribution is 2.31. The number of carbonyl (C=O) groups excluding carboxylic acids is 1. The van der Waals surface area contributed by atoms with Crippen molar-refractivity contribution in [2.45, 2.75) is 12.8 Å². The molecule has 2 rings (SSSR count). The van der Waals surface area contributed by atoms with E-state index in [1.807, 2.05) is 0 Å². The lowest BCUT2D eigenvalue weighted by Gasteiger charge is -2.34. The molecular formula is C14H16FN3O2. The van der Waals surface area contributed by atoms with Crippen molar-refractivity contribution in [3.8, 4) is 6.07 Å². The standard InChI is InChI=1S/C14H16FN3O2/c15-12-2-1-11(7-10(12)8-16)18-13(19)14(9-17)3-5-20-6-4-14/h1-2,7H,3-6,9,17H2,(H,18,19). The highest BCUT2D eigenvalue weighted by Gasteiger charge is 2.38. The molecule has 6 heteroatoms. The van der Waals surface area contributed by atoms with Crippen LogP contribution >= 0.6 is 0 Å². The number of halogens is 1. The molecule has 106 valence electrons. The molecule has 0 saturated carbocycles. The third-order valence-corrected chi connectivity index (χ3v) is 3.67. The predicted molar refractivity (Wildman–Crippen MR) is 71.3 cm³/mol. The van der Waals surface area contributed by atoms with Gasteiger partial charge < -0.3 is 15.8 Å². The molecule has 1 aromatic carbocycles. The van der Waals surface area contributed by atoms with E-state index in [1.165, 1.54) is 12.1 Å². The van der Waals surface area contributed by atoms with E-state index in [4.69, 9.17) is 15.7 Å². The van der Waals surface area contributed by atoms with Crippen molar-refractivity contribution >= 4 is 11.6 Å². The third-order valence-electron chi connectivity index (χ3n) is 3.67. The molecule has 0 atom stereocenters. The Labute approximate surface area is 116 Å². The summed E-state index contributed by atoms with van der Waals surface area (Å²) in [5.41, 5.74) is 5.39. The average molecular weight is 277 g/mol. The number of nitrogens with zero attached hydrogens (tertiary/aromatic N) is 1. The summed E-state index contributed by atoms with van der Waals surface area (Å²) in [6.45, 7) is 1.23. The van der Waals surface area contributed by atoms with Crippen molar-refractivity contribution in [2.75, 3.05) is 25.1 Å². The van der Waals surface area contributed by atoms with E-state index in [9.17, 15) is 9.18 Å². The summed E-state index contributed by atoms with van der Waals surface area (Å²) in [5.74, 6) is -0.816. The second-order valence-electron chi connectivity index (χ2n) is 4.86. The number of nitrogens with one attached hydrogen (secondary N) is 1. The van der Waals surface area contributed by atoms with Crippen LogP contribution in [0.25, 0.3) is 0 Å². The Hall–Kier alpha value is -1.97. The van der Waals surface area contributed by atoms with Crippen LogP contribution in [0, 0.1) is 22.6 Å². The van der Waals surface area contributed by atoms with Crippen molar-refractivity contribution < 1.29 is 13.9 Å². The Balaban J connectivity index is 2.16. The monoisotopic (exact) mass is 277 g/mol. The fraction of sp³-hybridized carbons (Fsp3) is 0.429. The van der Waals surface area contributed by atoms with Crippen LogP contribution in [0.4, 0.5) is 10.1 Å². The van der Waals surface area contributed by atoms with Crippen LogP contribution in [0.2, 0.25) is 0 Å². The van der Waals surface area contributed by atoms with E-state index in [0.29, 0.717) is 31.7 Å². The topological polar surface area (TPSA) is 88.1 Å². The lowest BCUT2D eigenvalue weighted by molar-refractivity contribution is -0.130. The Bertz CT molecular complexity index is 548. The smallest absolute Gasteiger partial charge is 0.232 e. The second-order valence-corrected chi connectivity index (χ2v) is 4.86. The number of nitriles is 1. The fourth-order valence-electron chi connectivity index (χ4n) is 2.24. The minimum absolute atomic E-state index is 0.100. The van der Waals surface area contributed by atoms with E-state index in [0.717, 1.165) is 6.07 Å². The van der Waals surface area contributed by atoms with Gasteiger partial charge in [-0.3, -0.25) is 4.79 Å². The maximum absolute atomic E-state index is 13.2. The number of ether oxygens (including phenoxy) is 1. The van der Waals surface area contributed by atoms with Gasteiger partial charge in [-0.05, 0) is 31.0 Å². The Kier molecular flexibility index (Phi) is 4.32. The van der Waals surface area contributed by atoms with Crippen LogP contribution in [0.3, 0.4) is 0 Å². The number of rotatable bonds is 3. The molecule has 3 N–H and O–H groups in total. The molecule has 0 spiro atoms. The van der Waals surface area contributed by atoms with Gasteiger partial charge in [0.2, 0.25) is 5.91 Å². The van der Waals surface area contributed by atoms with Gasteiger partial charge in [-0.1, -0.05) is 0 Å². The molecule has 0 radical (unpaired) electrons. The Morgan fingerprint density at radius 2 is 2.20 bits per heavy atom. The normalized spacial score (nSPS) is 17.2. The molecular weight excluding hydrogens is 261 g/mol. The molecule has 1 heterocycles. The van der Waals surface area contributed by atoms with Gasteiger partial charge in [0.25, 0.3) is 0 Å². The SMILES string of the molecule is N#Cc1cc(NC(=O)C2(CN)CCOCC2)ccc1F. The quantitative estimate of drug-likeness (QED) is 0.874. The first-order chi connectivity index (χ1) is 9.61. The predicted octanol–water partition coefficient (Wildman–Crippen LogP) is 1.39. The van der Waals surface area contributed by atoms with Gasteiger partial charge >= 0.3 is 0 Å². The third kappa shape index (κ3) is 2.79. The summed E-state index contributed by atoms with van der Waals surface area (Å²) in [4.78, 5) is 12.4. The van der Waals surface area contributed by atoms with Crippen molar-refractivity contribution in [1.82, 2.24) is 0 Å². The van der Waals surface area contributed by atoms with Crippen molar-refractivity contribution in [3.63, 3.8) is 0 Å². The zero-order valence-corrected chi connectivity index (χ0v) is 11.0. The maximum atomic E-state index is 13.2. The van der Waals surface area contributed by atoms with E-state index >= 15 is 0 Å². The van der Waals surface area contributed by atoms with Crippen LogP contribution in [-0.2, 0) is 9.53 Å². The maximum Gasteiger partial charge on any atom is 0.232 e. The van der Waals surface area contributed by atoms with Gasteiger partial charge in [-0.25, -0.2) is 4.39 Å². The zero-order valence-electron chi connectivity index (χ0n) is 11.0. The van der Waals surface area contributed by atoms with Crippen LogP contribution in [-0.4, -0.2) is 25.7 Å². The van der Waals surface area contributed by atoms with Crippen LogP contribution < -0.4 is 11.1 Å². The van der Waals surface area contributed by atoms with Gasteiger partial charge in [-0.15, -0.1) is 0 Å². The highest BCUT2D eigenvalue weighted by molar-refractivity contribution is 5.95. The molecule has 0 aliphatic carbocycles. The molecule has 1 aliphatic heterocycles. The van der Waals surface area contributed by atoms with E-state index in [1.54, 1.807) is 6.07 Å². The van der Waals surface area contributed by atoms with E-state index in [-0.39, 0.29) is 18.0 Å². The van der Waals surface area contributed by atoms with Gasteiger partial charge in [0, 0.05) is 25.4 Å². The van der Waals surface area contributed by atoms with Gasteiger partial charge in [0.1, 0.15) is 11.9 Å². The molecule has 0 bridgehead atoms. The number of hydrogen-bond acceptors (Lipinski definition) is 4. The summed E-state index contributed by atoms with van der Waals surface area (Å²) in [6.07, 6.45) is 1.11. The van der Waals surface area contributed by atoms with E-state index in [2.05, 4.69) is 5.32 Å². The molecule has 1 aliphatic rings. The molecule has 1 amide bonds. The molecule has 5 nitrogen and oxygen atoms in total. The number of amides is 1. The summed E-state index contributed by atoms with van der Waals surface area (Å²) >= 11 is 0.